The molecular formula is C11H17NO5. The minimum absolute atomic E-state index is 0.110. The van der Waals surface area contributed by atoms with Gasteiger partial charge in [0.2, 0.25) is 5.91 Å². The number of carbonyl (C=O) groups is 2. The molecule has 0 aliphatic carbocycles. The molecule has 17 heavy (non-hydrogen) atoms. The van der Waals surface area contributed by atoms with Crippen LogP contribution in [0.3, 0.4) is 0 Å². The maximum absolute atomic E-state index is 12.2. The van der Waals surface area contributed by atoms with Crippen LogP contribution >= 0.6 is 0 Å². The van der Waals surface area contributed by atoms with Gasteiger partial charge in [0.05, 0.1) is 18.1 Å². The third kappa shape index (κ3) is 2.28. The van der Waals surface area contributed by atoms with Crippen LogP contribution in [-0.2, 0) is 14.3 Å². The zero-order valence-electron chi connectivity index (χ0n) is 9.70. The Morgan fingerprint density at radius 1 is 1.41 bits per heavy atom. The van der Waals surface area contributed by atoms with Crippen LogP contribution in [0.15, 0.2) is 0 Å². The first kappa shape index (κ1) is 12.3. The van der Waals surface area contributed by atoms with Gasteiger partial charge >= 0.3 is 5.97 Å². The van der Waals surface area contributed by atoms with E-state index in [0.29, 0.717) is 13.0 Å². The van der Waals surface area contributed by atoms with Gasteiger partial charge in [-0.15, -0.1) is 0 Å². The van der Waals surface area contributed by atoms with Crippen LogP contribution in [-0.4, -0.2) is 58.4 Å². The molecule has 2 fully saturated rings. The molecule has 2 aliphatic rings. The highest BCUT2D eigenvalue weighted by Gasteiger charge is 2.43. The smallest absolute Gasteiger partial charge is 0.326 e. The molecule has 0 saturated carbocycles. The molecular weight excluding hydrogens is 226 g/mol. The van der Waals surface area contributed by atoms with Crippen molar-refractivity contribution in [3.63, 3.8) is 0 Å². The summed E-state index contributed by atoms with van der Waals surface area (Å²) in [6, 6.07) is -0.898. The molecule has 1 amide bonds. The van der Waals surface area contributed by atoms with Crippen molar-refractivity contribution in [3.8, 4) is 0 Å². The quantitative estimate of drug-likeness (QED) is 0.680. The Labute approximate surface area is 99.2 Å². The highest BCUT2D eigenvalue weighted by Crippen LogP contribution is 2.27. The highest BCUT2D eigenvalue weighted by molar-refractivity contribution is 5.86. The summed E-state index contributed by atoms with van der Waals surface area (Å²) in [6.45, 7) is 2.46. The van der Waals surface area contributed by atoms with Gasteiger partial charge in [0.25, 0.3) is 0 Å². The molecule has 0 spiro atoms. The van der Waals surface area contributed by atoms with Crippen molar-refractivity contribution in [2.45, 2.75) is 38.0 Å². The molecule has 0 aromatic carbocycles. The summed E-state index contributed by atoms with van der Waals surface area (Å²) in [7, 11) is 0. The maximum atomic E-state index is 12.2. The van der Waals surface area contributed by atoms with Gasteiger partial charge in [0.15, 0.2) is 0 Å². The zero-order chi connectivity index (χ0) is 12.6. The number of nitrogens with zero attached hydrogens (tertiary/aromatic N) is 1. The summed E-state index contributed by atoms with van der Waals surface area (Å²) in [5, 5.41) is 18.5. The van der Waals surface area contributed by atoms with Gasteiger partial charge in [0, 0.05) is 19.6 Å². The standard InChI is InChI=1S/C11H17NO5/c1-6-8(2-3-17-6)10(14)12-5-7(13)4-9(12)11(15)16/h6-9,13H,2-5H2,1H3,(H,15,16)/t6?,7-,8?,9+/m1/s1. The molecule has 0 aromatic heterocycles. The highest BCUT2D eigenvalue weighted by atomic mass is 16.5. The third-order valence-electron chi connectivity index (χ3n) is 3.54. The van der Waals surface area contributed by atoms with E-state index >= 15 is 0 Å². The lowest BCUT2D eigenvalue weighted by molar-refractivity contribution is -0.150. The number of carboxylic acids is 1. The molecule has 2 saturated heterocycles. The van der Waals surface area contributed by atoms with Crippen LogP contribution in [0.25, 0.3) is 0 Å². The van der Waals surface area contributed by atoms with E-state index in [1.807, 2.05) is 6.92 Å². The molecule has 2 unspecified atom stereocenters. The zero-order valence-corrected chi connectivity index (χ0v) is 9.70. The molecule has 0 aromatic rings. The maximum Gasteiger partial charge on any atom is 0.326 e. The van der Waals surface area contributed by atoms with Crippen molar-refractivity contribution in [3.05, 3.63) is 0 Å². The number of β-amino-alcohol motifs (C(OH)–C–C–N with tert-alkyl or cyclic N) is 1. The van der Waals surface area contributed by atoms with Gasteiger partial charge < -0.3 is 19.8 Å². The number of ether oxygens (including phenoxy) is 1. The second-order valence-corrected chi connectivity index (χ2v) is 4.71. The summed E-state index contributed by atoms with van der Waals surface area (Å²) in [5.41, 5.74) is 0. The molecule has 2 rings (SSSR count). The van der Waals surface area contributed by atoms with E-state index in [4.69, 9.17) is 9.84 Å². The lowest BCUT2D eigenvalue weighted by atomic mass is 10.0. The van der Waals surface area contributed by atoms with E-state index in [1.165, 1.54) is 4.90 Å². The lowest BCUT2D eigenvalue weighted by Gasteiger charge is -2.25. The average molecular weight is 243 g/mol. The number of carboxylic acid groups (broad SMARTS) is 1. The molecule has 2 heterocycles. The lowest BCUT2D eigenvalue weighted by Crippen LogP contribution is -2.45. The Bertz CT molecular complexity index is 332. The number of likely N-dealkylation sites (tertiary alicyclic amines) is 1. The summed E-state index contributed by atoms with van der Waals surface area (Å²) in [6.07, 6.45) is -0.172. The van der Waals surface area contributed by atoms with Crippen molar-refractivity contribution in [2.24, 2.45) is 5.92 Å². The van der Waals surface area contributed by atoms with Crippen molar-refractivity contribution >= 4 is 11.9 Å². The van der Waals surface area contributed by atoms with Crippen molar-refractivity contribution in [1.29, 1.82) is 0 Å². The summed E-state index contributed by atoms with van der Waals surface area (Å²) in [4.78, 5) is 24.5. The molecule has 4 atom stereocenters. The first-order chi connectivity index (χ1) is 8.00. The number of aliphatic hydroxyl groups is 1. The topological polar surface area (TPSA) is 87.1 Å². The molecule has 96 valence electrons. The Morgan fingerprint density at radius 2 is 2.12 bits per heavy atom. The van der Waals surface area contributed by atoms with Gasteiger partial charge in [-0.1, -0.05) is 0 Å². The van der Waals surface area contributed by atoms with E-state index < -0.39 is 18.1 Å². The number of amides is 1. The van der Waals surface area contributed by atoms with Gasteiger partial charge in [-0.2, -0.15) is 0 Å². The fourth-order valence-corrected chi connectivity index (χ4v) is 2.56. The van der Waals surface area contributed by atoms with Crippen LogP contribution < -0.4 is 0 Å². The minimum atomic E-state index is -1.05. The average Bonchev–Trinajstić information content (AvgIpc) is 2.83. The Kier molecular flexibility index (Phi) is 3.35. The second kappa shape index (κ2) is 4.62. The van der Waals surface area contributed by atoms with E-state index in [2.05, 4.69) is 0 Å². The predicted molar refractivity (Wildman–Crippen MR) is 57.3 cm³/mol. The second-order valence-electron chi connectivity index (χ2n) is 4.71. The first-order valence-corrected chi connectivity index (χ1v) is 5.83. The van der Waals surface area contributed by atoms with Crippen LogP contribution in [0, 0.1) is 5.92 Å². The number of carbonyl (C=O) groups excluding carboxylic acids is 1. The van der Waals surface area contributed by atoms with Gasteiger partial charge in [-0.3, -0.25) is 4.79 Å². The Balaban J connectivity index is 2.10. The van der Waals surface area contributed by atoms with Crippen LogP contribution in [0.5, 0.6) is 0 Å². The summed E-state index contributed by atoms with van der Waals surface area (Å²) in [5.74, 6) is -1.54. The number of hydrogen-bond donors (Lipinski definition) is 2. The first-order valence-electron chi connectivity index (χ1n) is 5.83. The van der Waals surface area contributed by atoms with E-state index in [0.717, 1.165) is 0 Å². The third-order valence-corrected chi connectivity index (χ3v) is 3.54. The number of aliphatic hydroxyl groups excluding tert-OH is 1. The molecule has 6 heteroatoms. The number of rotatable bonds is 2. The van der Waals surface area contributed by atoms with Gasteiger partial charge in [-0.05, 0) is 13.3 Å². The van der Waals surface area contributed by atoms with Crippen molar-refractivity contribution in [1.82, 2.24) is 4.90 Å². The van der Waals surface area contributed by atoms with Crippen LogP contribution in [0.1, 0.15) is 19.8 Å². The van der Waals surface area contributed by atoms with Crippen LogP contribution in [0.2, 0.25) is 0 Å². The molecule has 0 radical (unpaired) electrons. The monoisotopic (exact) mass is 243 g/mol. The fourth-order valence-electron chi connectivity index (χ4n) is 2.56. The van der Waals surface area contributed by atoms with Gasteiger partial charge in [0.1, 0.15) is 6.04 Å². The van der Waals surface area contributed by atoms with Crippen LogP contribution in [0.4, 0.5) is 0 Å². The Hall–Kier alpha value is -1.14. The van der Waals surface area contributed by atoms with Crippen molar-refractivity contribution in [2.75, 3.05) is 13.2 Å². The molecule has 2 N–H and O–H groups in total. The van der Waals surface area contributed by atoms with Crippen molar-refractivity contribution < 1.29 is 24.5 Å². The number of aliphatic carboxylic acids is 1. The van der Waals surface area contributed by atoms with E-state index in [-0.39, 0.29) is 30.9 Å². The van der Waals surface area contributed by atoms with E-state index in [9.17, 15) is 14.7 Å². The number of hydrogen-bond acceptors (Lipinski definition) is 4. The minimum Gasteiger partial charge on any atom is -0.480 e. The van der Waals surface area contributed by atoms with E-state index in [1.54, 1.807) is 0 Å². The van der Waals surface area contributed by atoms with Gasteiger partial charge in [-0.25, -0.2) is 4.79 Å². The fraction of sp³-hybridized carbons (Fsp3) is 0.818. The molecule has 2 aliphatic heterocycles. The SMILES string of the molecule is CC1OCCC1C(=O)N1C[C@H](O)C[C@H]1C(=O)O. The molecule has 6 nitrogen and oxygen atoms in total. The Morgan fingerprint density at radius 3 is 2.65 bits per heavy atom. The summed E-state index contributed by atoms with van der Waals surface area (Å²) < 4.78 is 5.31. The molecule has 0 bridgehead atoms. The normalized spacial score (nSPS) is 37.4. The largest absolute Gasteiger partial charge is 0.480 e. The summed E-state index contributed by atoms with van der Waals surface area (Å²) >= 11 is 0. The predicted octanol–water partition coefficient (Wildman–Crippen LogP) is -0.542.